The van der Waals surface area contributed by atoms with Gasteiger partial charge in [0.15, 0.2) is 0 Å². The molecule has 0 aromatic carbocycles. The van der Waals surface area contributed by atoms with E-state index in [-0.39, 0.29) is 5.56 Å². The fraction of sp³-hybridized carbons (Fsp3) is 0.286. The molecule has 0 saturated carbocycles. The van der Waals surface area contributed by atoms with Gasteiger partial charge in [0, 0.05) is 6.20 Å². The highest BCUT2D eigenvalue weighted by atomic mass is 127. The fourth-order valence-electron chi connectivity index (χ4n) is 0.854. The van der Waals surface area contributed by atoms with E-state index in [1.807, 2.05) is 0 Å². The molecule has 6 heteroatoms. The molecule has 1 heterocycles. The van der Waals surface area contributed by atoms with Crippen LogP contribution in [0.15, 0.2) is 12.3 Å². The third-order valence-corrected chi connectivity index (χ3v) is 2.02. The van der Waals surface area contributed by atoms with Crippen LogP contribution in [0, 0.1) is 3.70 Å². The molecule has 0 amide bonds. The van der Waals surface area contributed by atoms with Gasteiger partial charge in [0.1, 0.15) is 3.70 Å². The van der Waals surface area contributed by atoms with Gasteiger partial charge >= 0.3 is 6.18 Å². The van der Waals surface area contributed by atoms with Gasteiger partial charge < -0.3 is 5.11 Å². The Bertz CT molecular complexity index is 313. The van der Waals surface area contributed by atoms with E-state index in [4.69, 9.17) is 5.11 Å². The van der Waals surface area contributed by atoms with Crippen LogP contribution < -0.4 is 0 Å². The molecule has 2 nitrogen and oxygen atoms in total. The van der Waals surface area contributed by atoms with Crippen LogP contribution in [0.1, 0.15) is 11.1 Å². The van der Waals surface area contributed by atoms with Gasteiger partial charge in [0.25, 0.3) is 0 Å². The van der Waals surface area contributed by atoms with E-state index >= 15 is 0 Å². The van der Waals surface area contributed by atoms with Crippen molar-refractivity contribution in [1.29, 1.82) is 0 Å². The van der Waals surface area contributed by atoms with Crippen LogP contribution in [0.4, 0.5) is 13.2 Å². The summed E-state index contributed by atoms with van der Waals surface area (Å²) in [6, 6.07) is 1.21. The Labute approximate surface area is 85.9 Å². The van der Waals surface area contributed by atoms with Crippen molar-refractivity contribution in [3.63, 3.8) is 0 Å². The van der Waals surface area contributed by atoms with Crippen molar-refractivity contribution in [1.82, 2.24) is 4.98 Å². The van der Waals surface area contributed by atoms with Gasteiger partial charge in [-0.2, -0.15) is 13.2 Å². The first kappa shape index (κ1) is 10.7. The van der Waals surface area contributed by atoms with Crippen LogP contribution in [-0.2, 0) is 12.8 Å². The van der Waals surface area contributed by atoms with Crippen molar-refractivity contribution in [2.45, 2.75) is 12.8 Å². The molecule has 0 aliphatic heterocycles. The first-order valence-electron chi connectivity index (χ1n) is 3.27. The summed E-state index contributed by atoms with van der Waals surface area (Å²) in [5.74, 6) is 0. The number of nitrogens with zero attached hydrogens (tertiary/aromatic N) is 1. The Kier molecular flexibility index (Phi) is 3.12. The van der Waals surface area contributed by atoms with Gasteiger partial charge in [-0.15, -0.1) is 0 Å². The van der Waals surface area contributed by atoms with Crippen LogP contribution in [0.2, 0.25) is 0 Å². The monoisotopic (exact) mass is 303 g/mol. The van der Waals surface area contributed by atoms with Crippen LogP contribution in [0.3, 0.4) is 0 Å². The molecule has 1 aromatic rings. The molecule has 1 rings (SSSR count). The molecule has 13 heavy (non-hydrogen) atoms. The Morgan fingerprint density at radius 3 is 2.54 bits per heavy atom. The zero-order valence-corrected chi connectivity index (χ0v) is 8.43. The molecule has 0 atom stereocenters. The second-order valence-electron chi connectivity index (χ2n) is 2.32. The summed E-state index contributed by atoms with van der Waals surface area (Å²) in [4.78, 5) is 3.51. The number of alkyl halides is 3. The topological polar surface area (TPSA) is 33.1 Å². The molecule has 0 spiro atoms. The molecule has 0 radical (unpaired) electrons. The number of hydrogen-bond donors (Lipinski definition) is 1. The van der Waals surface area contributed by atoms with Gasteiger partial charge in [-0.1, -0.05) is 0 Å². The van der Waals surface area contributed by atoms with Gasteiger partial charge in [-0.3, -0.25) is 0 Å². The summed E-state index contributed by atoms with van der Waals surface area (Å²) in [6.45, 7) is -0.632. The summed E-state index contributed by atoms with van der Waals surface area (Å²) < 4.78 is 37.1. The predicted octanol–water partition coefficient (Wildman–Crippen LogP) is 2.20. The maximum atomic E-state index is 12.2. The van der Waals surface area contributed by atoms with Crippen molar-refractivity contribution in [3.8, 4) is 0 Å². The first-order valence-corrected chi connectivity index (χ1v) is 4.35. The lowest BCUT2D eigenvalue weighted by molar-refractivity contribution is -0.138. The lowest BCUT2D eigenvalue weighted by Crippen LogP contribution is -2.10. The summed E-state index contributed by atoms with van der Waals surface area (Å²) >= 11 is 1.78. The van der Waals surface area contributed by atoms with Crippen LogP contribution in [0.25, 0.3) is 0 Å². The van der Waals surface area contributed by atoms with E-state index in [0.717, 1.165) is 6.20 Å². The number of aromatic nitrogens is 1. The van der Waals surface area contributed by atoms with Crippen LogP contribution in [-0.4, -0.2) is 10.1 Å². The van der Waals surface area contributed by atoms with Crippen molar-refractivity contribution in [2.75, 3.05) is 0 Å². The minimum atomic E-state index is -4.45. The molecular formula is C7H5F3INO. The normalized spacial score (nSPS) is 11.8. The Hall–Kier alpha value is -0.370. The molecular weight excluding hydrogens is 298 g/mol. The standard InChI is InChI=1S/C7H5F3INO/c8-7(9,10)5-2-12-6(11)1-4(5)3-13/h1-2,13H,3H2. The van der Waals surface area contributed by atoms with Gasteiger partial charge in [0.2, 0.25) is 0 Å². The molecule has 0 aliphatic rings. The summed E-state index contributed by atoms with van der Waals surface area (Å²) in [5.41, 5.74) is -1.03. The second-order valence-corrected chi connectivity index (χ2v) is 3.43. The molecule has 1 aromatic heterocycles. The number of rotatable bonds is 1. The molecule has 72 valence electrons. The molecule has 0 aliphatic carbocycles. The number of pyridine rings is 1. The molecule has 0 bridgehead atoms. The maximum absolute atomic E-state index is 12.2. The highest BCUT2D eigenvalue weighted by molar-refractivity contribution is 14.1. The highest BCUT2D eigenvalue weighted by Gasteiger charge is 2.33. The second kappa shape index (κ2) is 3.79. The largest absolute Gasteiger partial charge is 0.418 e. The molecule has 0 unspecified atom stereocenters. The summed E-state index contributed by atoms with van der Waals surface area (Å²) in [7, 11) is 0. The average molecular weight is 303 g/mol. The summed E-state index contributed by atoms with van der Waals surface area (Å²) in [6.07, 6.45) is -3.72. The van der Waals surface area contributed by atoms with Crippen LogP contribution >= 0.6 is 22.6 Å². The van der Waals surface area contributed by atoms with E-state index in [1.165, 1.54) is 6.07 Å². The zero-order valence-electron chi connectivity index (χ0n) is 6.27. The molecule has 0 saturated heterocycles. The smallest absolute Gasteiger partial charge is 0.392 e. The number of aliphatic hydroxyl groups is 1. The lowest BCUT2D eigenvalue weighted by atomic mass is 10.1. The first-order chi connectivity index (χ1) is 5.95. The molecule has 0 fully saturated rings. The predicted molar refractivity (Wildman–Crippen MR) is 47.9 cm³/mol. The van der Waals surface area contributed by atoms with Crippen molar-refractivity contribution in [2.24, 2.45) is 0 Å². The van der Waals surface area contributed by atoms with Crippen molar-refractivity contribution in [3.05, 3.63) is 27.1 Å². The Balaban J connectivity index is 3.22. The Morgan fingerprint density at radius 2 is 2.08 bits per heavy atom. The SMILES string of the molecule is OCc1cc(I)ncc1C(F)(F)F. The third-order valence-electron chi connectivity index (χ3n) is 1.43. The van der Waals surface area contributed by atoms with Crippen molar-refractivity contribution >= 4 is 22.6 Å². The fourth-order valence-corrected chi connectivity index (χ4v) is 1.37. The van der Waals surface area contributed by atoms with Gasteiger partial charge in [0.05, 0.1) is 12.2 Å². The minimum absolute atomic E-state index is 0.146. The average Bonchev–Trinajstić information content (AvgIpc) is 2.01. The van der Waals surface area contributed by atoms with Gasteiger partial charge in [-0.05, 0) is 34.2 Å². The van der Waals surface area contributed by atoms with Crippen molar-refractivity contribution < 1.29 is 18.3 Å². The maximum Gasteiger partial charge on any atom is 0.418 e. The third kappa shape index (κ3) is 2.53. The van der Waals surface area contributed by atoms with E-state index in [2.05, 4.69) is 4.98 Å². The summed E-state index contributed by atoms with van der Waals surface area (Å²) in [5, 5.41) is 8.68. The highest BCUT2D eigenvalue weighted by Crippen LogP contribution is 2.31. The number of aliphatic hydroxyl groups excluding tert-OH is 1. The number of halogens is 4. The van der Waals surface area contributed by atoms with Crippen LogP contribution in [0.5, 0.6) is 0 Å². The van der Waals surface area contributed by atoms with E-state index in [9.17, 15) is 13.2 Å². The van der Waals surface area contributed by atoms with E-state index < -0.39 is 18.3 Å². The van der Waals surface area contributed by atoms with E-state index in [1.54, 1.807) is 22.6 Å². The minimum Gasteiger partial charge on any atom is -0.392 e. The molecule has 1 N–H and O–H groups in total. The Morgan fingerprint density at radius 1 is 1.46 bits per heavy atom. The lowest BCUT2D eigenvalue weighted by Gasteiger charge is -2.10. The van der Waals surface area contributed by atoms with E-state index in [0.29, 0.717) is 3.70 Å². The zero-order chi connectivity index (χ0) is 10.1. The number of hydrogen-bond acceptors (Lipinski definition) is 2. The van der Waals surface area contributed by atoms with Gasteiger partial charge in [-0.25, -0.2) is 4.98 Å². The quantitative estimate of drug-likeness (QED) is 0.637.